The predicted octanol–water partition coefficient (Wildman–Crippen LogP) is 0.0906. The largest absolute Gasteiger partial charge is 0.359 e. The first-order valence-electron chi connectivity index (χ1n) is 6.99. The Morgan fingerprint density at radius 2 is 2.00 bits per heavy atom. The average Bonchev–Trinajstić information content (AvgIpc) is 2.89. The third-order valence-electron chi connectivity index (χ3n) is 3.15. The van der Waals surface area contributed by atoms with E-state index in [1.807, 2.05) is 30.3 Å². The average molecular weight is 302 g/mol. The first-order valence-corrected chi connectivity index (χ1v) is 6.99. The number of amides is 2. The molecule has 0 saturated carbocycles. The van der Waals surface area contributed by atoms with Crippen molar-refractivity contribution in [2.45, 2.75) is 13.0 Å². The van der Waals surface area contributed by atoms with Crippen LogP contribution in [0.1, 0.15) is 22.5 Å². The number of nitrogens with zero attached hydrogens (tertiary/aromatic N) is 1. The predicted molar refractivity (Wildman–Crippen MR) is 81.6 cm³/mol. The highest BCUT2D eigenvalue weighted by molar-refractivity contribution is 5.92. The Kier molecular flexibility index (Phi) is 5.53. The summed E-state index contributed by atoms with van der Waals surface area (Å²) in [5.41, 5.74) is 0.905. The fourth-order valence-corrected chi connectivity index (χ4v) is 2.05. The Morgan fingerprint density at radius 3 is 2.73 bits per heavy atom. The quantitative estimate of drug-likeness (QED) is 0.476. The van der Waals surface area contributed by atoms with Gasteiger partial charge in [0.05, 0.1) is 6.54 Å². The van der Waals surface area contributed by atoms with Gasteiger partial charge >= 0.3 is 5.69 Å². The smallest absolute Gasteiger partial charge is 0.326 e. The monoisotopic (exact) mass is 302 g/mol. The lowest BCUT2D eigenvalue weighted by molar-refractivity contribution is -0.109. The van der Waals surface area contributed by atoms with Crippen LogP contribution in [0, 0.1) is 0 Å². The minimum absolute atomic E-state index is 0.289. The molecule has 0 aliphatic carbocycles. The van der Waals surface area contributed by atoms with E-state index in [2.05, 4.69) is 15.6 Å². The fourth-order valence-electron chi connectivity index (χ4n) is 2.05. The van der Waals surface area contributed by atoms with E-state index in [1.165, 1.54) is 10.8 Å². The molecule has 7 heteroatoms. The molecule has 0 fully saturated rings. The highest BCUT2D eigenvalue weighted by atomic mass is 16.2. The molecule has 0 spiro atoms. The van der Waals surface area contributed by atoms with Gasteiger partial charge in [-0.3, -0.25) is 14.2 Å². The van der Waals surface area contributed by atoms with Gasteiger partial charge in [-0.25, -0.2) is 4.79 Å². The Hall–Kier alpha value is -2.83. The molecule has 0 atom stereocenters. The van der Waals surface area contributed by atoms with E-state index >= 15 is 0 Å². The number of nitrogens with one attached hydrogen (secondary N) is 3. The summed E-state index contributed by atoms with van der Waals surface area (Å²) < 4.78 is 1.40. The molecule has 1 heterocycles. The van der Waals surface area contributed by atoms with Gasteiger partial charge in [-0.05, 0) is 12.0 Å². The first-order chi connectivity index (χ1) is 10.7. The van der Waals surface area contributed by atoms with Gasteiger partial charge in [0, 0.05) is 19.3 Å². The Labute approximate surface area is 127 Å². The van der Waals surface area contributed by atoms with Crippen LogP contribution in [0.2, 0.25) is 0 Å². The van der Waals surface area contributed by atoms with Crippen LogP contribution in [-0.2, 0) is 11.3 Å². The molecule has 0 unspecified atom stereocenters. The van der Waals surface area contributed by atoms with Crippen LogP contribution in [0.5, 0.6) is 0 Å². The zero-order chi connectivity index (χ0) is 15.8. The molecule has 0 radical (unpaired) electrons. The van der Waals surface area contributed by atoms with Crippen LogP contribution in [0.25, 0.3) is 0 Å². The van der Waals surface area contributed by atoms with Gasteiger partial charge in [-0.15, -0.1) is 0 Å². The van der Waals surface area contributed by atoms with Gasteiger partial charge in [0.1, 0.15) is 5.69 Å². The number of carbonyl (C=O) groups excluding carboxylic acids is 2. The van der Waals surface area contributed by atoms with Gasteiger partial charge in [-0.2, -0.15) is 0 Å². The van der Waals surface area contributed by atoms with Crippen LogP contribution in [-0.4, -0.2) is 35.0 Å². The summed E-state index contributed by atoms with van der Waals surface area (Å²) in [5, 5.41) is 5.24. The van der Waals surface area contributed by atoms with Gasteiger partial charge in [0.2, 0.25) is 6.41 Å². The molecule has 3 N–H and O–H groups in total. The lowest BCUT2D eigenvalue weighted by atomic mass is 10.2. The molecule has 7 nitrogen and oxygen atoms in total. The fraction of sp³-hybridized carbons (Fsp3) is 0.267. The van der Waals surface area contributed by atoms with E-state index in [-0.39, 0.29) is 17.3 Å². The van der Waals surface area contributed by atoms with Crippen molar-refractivity contribution in [3.63, 3.8) is 0 Å². The zero-order valence-corrected chi connectivity index (χ0v) is 12.0. The molecule has 0 aliphatic rings. The summed E-state index contributed by atoms with van der Waals surface area (Å²) in [6, 6.07) is 9.45. The molecule has 0 bridgehead atoms. The second kappa shape index (κ2) is 7.82. The van der Waals surface area contributed by atoms with E-state index in [9.17, 15) is 14.4 Å². The molecule has 1 aromatic heterocycles. The van der Waals surface area contributed by atoms with Crippen molar-refractivity contribution in [3.05, 3.63) is 58.3 Å². The van der Waals surface area contributed by atoms with E-state index in [4.69, 9.17) is 0 Å². The summed E-state index contributed by atoms with van der Waals surface area (Å²) in [6.45, 7) is 1.25. The normalized spacial score (nSPS) is 10.2. The summed E-state index contributed by atoms with van der Waals surface area (Å²) in [5.74, 6) is -0.319. The lowest BCUT2D eigenvalue weighted by Gasteiger charge is -2.08. The van der Waals surface area contributed by atoms with Crippen molar-refractivity contribution in [1.82, 2.24) is 20.2 Å². The number of benzene rings is 1. The number of hydrogen-bond donors (Lipinski definition) is 3. The van der Waals surface area contributed by atoms with Crippen molar-refractivity contribution in [3.8, 4) is 0 Å². The molecule has 22 heavy (non-hydrogen) atoms. The van der Waals surface area contributed by atoms with E-state index in [1.54, 1.807) is 0 Å². The molecule has 1 aromatic carbocycles. The van der Waals surface area contributed by atoms with Gasteiger partial charge in [-0.1, -0.05) is 30.3 Å². The first kappa shape index (κ1) is 15.6. The van der Waals surface area contributed by atoms with Crippen molar-refractivity contribution >= 4 is 12.3 Å². The van der Waals surface area contributed by atoms with Crippen molar-refractivity contribution in [2.24, 2.45) is 0 Å². The van der Waals surface area contributed by atoms with E-state index < -0.39 is 0 Å². The van der Waals surface area contributed by atoms with Gasteiger partial charge in [0.15, 0.2) is 0 Å². The van der Waals surface area contributed by atoms with Crippen LogP contribution in [0.4, 0.5) is 0 Å². The molecule has 0 aliphatic heterocycles. The van der Waals surface area contributed by atoms with Gasteiger partial charge in [0.25, 0.3) is 5.91 Å². The second-order valence-corrected chi connectivity index (χ2v) is 4.73. The molecule has 2 rings (SSSR count). The van der Waals surface area contributed by atoms with Crippen molar-refractivity contribution < 1.29 is 9.59 Å². The summed E-state index contributed by atoms with van der Waals surface area (Å²) >= 11 is 0. The number of hydrogen-bond acceptors (Lipinski definition) is 3. The number of H-pyrrole nitrogens is 1. The van der Waals surface area contributed by atoms with Crippen LogP contribution in [0.15, 0.2) is 41.3 Å². The maximum absolute atomic E-state index is 12.1. The highest BCUT2D eigenvalue weighted by Crippen LogP contribution is 2.03. The minimum Gasteiger partial charge on any atom is -0.359 e. The summed E-state index contributed by atoms with van der Waals surface area (Å²) in [7, 11) is 0. The van der Waals surface area contributed by atoms with E-state index in [0.717, 1.165) is 5.56 Å². The Balaban J connectivity index is 2.01. The molecule has 0 saturated heterocycles. The minimum atomic E-state index is -0.323. The number of imidazole rings is 1. The maximum atomic E-state index is 12.1. The molecule has 2 aromatic rings. The number of carbonyl (C=O) groups is 2. The zero-order valence-electron chi connectivity index (χ0n) is 12.0. The number of rotatable bonds is 8. The highest BCUT2D eigenvalue weighted by Gasteiger charge is 2.14. The van der Waals surface area contributed by atoms with E-state index in [0.29, 0.717) is 32.5 Å². The maximum Gasteiger partial charge on any atom is 0.326 e. The lowest BCUT2D eigenvalue weighted by Crippen LogP contribution is -2.31. The molecular weight excluding hydrogens is 284 g/mol. The molecule has 2 amide bonds. The second-order valence-electron chi connectivity index (χ2n) is 4.73. The SMILES string of the molecule is O=CNCCCNC(=O)c1c[nH]c(=O)n1Cc1ccccc1. The third kappa shape index (κ3) is 4.08. The number of aromatic nitrogens is 2. The van der Waals surface area contributed by atoms with Crippen molar-refractivity contribution in [2.75, 3.05) is 13.1 Å². The van der Waals surface area contributed by atoms with Crippen LogP contribution < -0.4 is 16.3 Å². The van der Waals surface area contributed by atoms with Crippen LogP contribution >= 0.6 is 0 Å². The summed E-state index contributed by atoms with van der Waals surface area (Å²) in [4.78, 5) is 36.6. The topological polar surface area (TPSA) is 96.0 Å². The Bertz CT molecular complexity index is 676. The third-order valence-corrected chi connectivity index (χ3v) is 3.15. The standard InChI is InChI=1S/C15H18N4O3/c20-11-16-7-4-8-17-14(21)13-9-18-15(22)19(13)10-12-5-2-1-3-6-12/h1-3,5-6,9,11H,4,7-8,10H2,(H,16,20)(H,17,21)(H,18,22). The number of aromatic amines is 1. The van der Waals surface area contributed by atoms with Gasteiger partial charge < -0.3 is 15.6 Å². The van der Waals surface area contributed by atoms with Crippen molar-refractivity contribution in [1.29, 1.82) is 0 Å². The Morgan fingerprint density at radius 1 is 1.23 bits per heavy atom. The molecule has 116 valence electrons. The van der Waals surface area contributed by atoms with Crippen LogP contribution in [0.3, 0.4) is 0 Å². The summed E-state index contributed by atoms with van der Waals surface area (Å²) in [6.07, 6.45) is 2.65. The molecular formula is C15H18N4O3.